The Labute approximate surface area is 116 Å². The molecule has 0 radical (unpaired) electrons. The van der Waals surface area contributed by atoms with E-state index in [1.807, 2.05) is 0 Å². The minimum atomic E-state index is -0.950. The van der Waals surface area contributed by atoms with E-state index >= 15 is 0 Å². The van der Waals surface area contributed by atoms with Crippen molar-refractivity contribution >= 4 is 16.9 Å². The van der Waals surface area contributed by atoms with E-state index in [-0.39, 0.29) is 6.54 Å². The Morgan fingerprint density at radius 1 is 1.30 bits per heavy atom. The number of hydrogen-bond acceptors (Lipinski definition) is 4. The number of aliphatic hydroxyl groups excluding tert-OH is 1. The normalized spacial score (nSPS) is 12.4. The van der Waals surface area contributed by atoms with Gasteiger partial charge in [0, 0.05) is 23.2 Å². The summed E-state index contributed by atoms with van der Waals surface area (Å²) in [6, 6.07) is 3.46. The lowest BCUT2D eigenvalue weighted by Gasteiger charge is -2.09. The molecule has 0 aliphatic heterocycles. The summed E-state index contributed by atoms with van der Waals surface area (Å²) in [5.74, 6) is 0.102. The molecule has 1 aromatic carbocycles. The molecule has 1 unspecified atom stereocenters. The van der Waals surface area contributed by atoms with Crippen molar-refractivity contribution in [3.05, 3.63) is 23.9 Å². The van der Waals surface area contributed by atoms with Crippen LogP contribution in [0.2, 0.25) is 0 Å². The fourth-order valence-electron chi connectivity index (χ4n) is 2.25. The van der Waals surface area contributed by atoms with Gasteiger partial charge in [-0.05, 0) is 13.0 Å². The highest BCUT2D eigenvalue weighted by Gasteiger charge is 2.17. The van der Waals surface area contributed by atoms with Crippen LogP contribution in [0.5, 0.6) is 11.5 Å². The molecule has 0 saturated heterocycles. The Kier molecular flexibility index (Phi) is 3.85. The van der Waals surface area contributed by atoms with Crippen LogP contribution in [0.3, 0.4) is 0 Å². The van der Waals surface area contributed by atoms with Crippen LogP contribution in [-0.2, 0) is 11.3 Å². The Morgan fingerprint density at radius 2 is 1.90 bits per heavy atom. The summed E-state index contributed by atoms with van der Waals surface area (Å²) in [6.45, 7) is 1.45. The first-order chi connectivity index (χ1) is 9.47. The minimum Gasteiger partial charge on any atom is -0.493 e. The van der Waals surface area contributed by atoms with Crippen LogP contribution in [0.25, 0.3) is 10.9 Å². The van der Waals surface area contributed by atoms with Crippen molar-refractivity contribution < 1.29 is 24.5 Å². The second-order valence-corrected chi connectivity index (χ2v) is 4.51. The molecule has 0 aliphatic carbocycles. The van der Waals surface area contributed by atoms with Crippen molar-refractivity contribution in [3.8, 4) is 11.5 Å². The van der Waals surface area contributed by atoms with Gasteiger partial charge in [-0.15, -0.1) is 0 Å². The highest BCUT2D eigenvalue weighted by molar-refractivity contribution is 5.88. The van der Waals surface area contributed by atoms with Crippen LogP contribution in [0.1, 0.15) is 18.6 Å². The molecule has 2 rings (SSSR count). The minimum absolute atomic E-state index is 0.182. The van der Waals surface area contributed by atoms with Crippen LogP contribution in [-0.4, -0.2) is 35.0 Å². The Bertz CT molecular complexity index is 645. The smallest absolute Gasteiger partial charge is 0.323 e. The number of hydrogen-bond donors (Lipinski definition) is 2. The average molecular weight is 279 g/mol. The number of rotatable bonds is 5. The van der Waals surface area contributed by atoms with Crippen molar-refractivity contribution in [1.82, 2.24) is 4.57 Å². The van der Waals surface area contributed by atoms with Gasteiger partial charge in [0.2, 0.25) is 0 Å². The van der Waals surface area contributed by atoms with E-state index in [2.05, 4.69) is 0 Å². The number of benzene rings is 1. The van der Waals surface area contributed by atoms with Crippen LogP contribution < -0.4 is 9.47 Å². The molecule has 0 bridgehead atoms. The number of ether oxygens (including phenoxy) is 2. The van der Waals surface area contributed by atoms with Gasteiger partial charge in [0.05, 0.1) is 25.8 Å². The van der Waals surface area contributed by atoms with Gasteiger partial charge in [0.15, 0.2) is 11.5 Å². The molecular weight excluding hydrogens is 262 g/mol. The van der Waals surface area contributed by atoms with E-state index in [4.69, 9.17) is 14.6 Å². The van der Waals surface area contributed by atoms with E-state index in [0.29, 0.717) is 22.6 Å². The molecule has 0 fully saturated rings. The van der Waals surface area contributed by atoms with Crippen LogP contribution in [0, 0.1) is 0 Å². The number of aliphatic hydroxyl groups is 1. The third kappa shape index (κ3) is 2.42. The lowest BCUT2D eigenvalue weighted by molar-refractivity contribution is -0.137. The number of carboxylic acids is 1. The third-order valence-corrected chi connectivity index (χ3v) is 3.17. The molecule has 0 aliphatic rings. The summed E-state index contributed by atoms with van der Waals surface area (Å²) >= 11 is 0. The maximum atomic E-state index is 10.9. The van der Waals surface area contributed by atoms with Crippen molar-refractivity contribution in [1.29, 1.82) is 0 Å². The first-order valence-corrected chi connectivity index (χ1v) is 6.12. The van der Waals surface area contributed by atoms with E-state index < -0.39 is 12.1 Å². The van der Waals surface area contributed by atoms with Crippen molar-refractivity contribution in [2.45, 2.75) is 19.6 Å². The standard InChI is InChI=1S/C14H17NO5/c1-8(16)10-6-15(7-14(17)18)11-5-13(20-3)12(19-2)4-9(10)11/h4-6,8,16H,7H2,1-3H3,(H,17,18). The maximum absolute atomic E-state index is 10.9. The van der Waals surface area contributed by atoms with Gasteiger partial charge < -0.3 is 24.3 Å². The molecule has 1 aromatic heterocycles. The van der Waals surface area contributed by atoms with E-state index in [0.717, 1.165) is 5.39 Å². The molecule has 20 heavy (non-hydrogen) atoms. The van der Waals surface area contributed by atoms with E-state index in [1.165, 1.54) is 14.2 Å². The molecule has 108 valence electrons. The summed E-state index contributed by atoms with van der Waals surface area (Å²) in [5.41, 5.74) is 1.34. The van der Waals surface area contributed by atoms with Gasteiger partial charge in [-0.25, -0.2) is 0 Å². The maximum Gasteiger partial charge on any atom is 0.323 e. The summed E-state index contributed by atoms with van der Waals surface area (Å²) in [4.78, 5) is 10.9. The molecule has 2 N–H and O–H groups in total. The topological polar surface area (TPSA) is 80.9 Å². The molecule has 0 amide bonds. The lowest BCUT2D eigenvalue weighted by atomic mass is 10.1. The summed E-state index contributed by atoms with van der Waals surface area (Å²) < 4.78 is 12.0. The molecule has 6 nitrogen and oxygen atoms in total. The SMILES string of the molecule is COc1cc2c(C(C)O)cn(CC(=O)O)c2cc1OC. The molecule has 0 saturated carbocycles. The first kappa shape index (κ1) is 14.2. The Balaban J connectivity index is 2.72. The van der Waals surface area contributed by atoms with Crippen molar-refractivity contribution in [3.63, 3.8) is 0 Å². The Hall–Kier alpha value is -2.21. The molecule has 6 heteroatoms. The van der Waals surface area contributed by atoms with E-state index in [9.17, 15) is 9.90 Å². The molecule has 0 spiro atoms. The zero-order valence-electron chi connectivity index (χ0n) is 11.6. The van der Waals surface area contributed by atoms with Gasteiger partial charge in [0.1, 0.15) is 6.54 Å². The average Bonchev–Trinajstić information content (AvgIpc) is 2.74. The van der Waals surface area contributed by atoms with Gasteiger partial charge in [-0.1, -0.05) is 0 Å². The molecule has 1 atom stereocenters. The van der Waals surface area contributed by atoms with Crippen LogP contribution >= 0.6 is 0 Å². The fraction of sp³-hybridized carbons (Fsp3) is 0.357. The predicted molar refractivity (Wildman–Crippen MR) is 73.3 cm³/mol. The molecular formula is C14H17NO5. The van der Waals surface area contributed by atoms with Gasteiger partial charge >= 0.3 is 5.97 Å². The number of methoxy groups -OCH3 is 2. The quantitative estimate of drug-likeness (QED) is 0.872. The second kappa shape index (κ2) is 5.42. The number of nitrogens with zero attached hydrogens (tertiary/aromatic N) is 1. The number of fused-ring (bicyclic) bond motifs is 1. The summed E-state index contributed by atoms with van der Waals surface area (Å²) in [6.07, 6.45) is 0.938. The van der Waals surface area contributed by atoms with E-state index in [1.54, 1.807) is 29.8 Å². The highest BCUT2D eigenvalue weighted by Crippen LogP contribution is 2.36. The Morgan fingerprint density at radius 3 is 2.40 bits per heavy atom. The van der Waals surface area contributed by atoms with Crippen LogP contribution in [0.4, 0.5) is 0 Å². The zero-order valence-corrected chi connectivity index (χ0v) is 11.6. The number of aliphatic carboxylic acids is 1. The van der Waals surface area contributed by atoms with Crippen molar-refractivity contribution in [2.24, 2.45) is 0 Å². The van der Waals surface area contributed by atoms with Gasteiger partial charge in [-0.3, -0.25) is 4.79 Å². The fourth-order valence-corrected chi connectivity index (χ4v) is 2.25. The van der Waals surface area contributed by atoms with Crippen LogP contribution in [0.15, 0.2) is 18.3 Å². The number of carboxylic acid groups (broad SMARTS) is 1. The zero-order chi connectivity index (χ0) is 14.9. The molecule has 2 aromatic rings. The summed E-state index contributed by atoms with van der Waals surface area (Å²) in [5, 5.41) is 19.5. The highest BCUT2D eigenvalue weighted by atomic mass is 16.5. The van der Waals surface area contributed by atoms with Gasteiger partial charge in [0.25, 0.3) is 0 Å². The first-order valence-electron chi connectivity index (χ1n) is 6.12. The van der Waals surface area contributed by atoms with Crippen molar-refractivity contribution in [2.75, 3.05) is 14.2 Å². The lowest BCUT2D eigenvalue weighted by Crippen LogP contribution is -2.07. The molecule has 1 heterocycles. The monoisotopic (exact) mass is 279 g/mol. The predicted octanol–water partition coefficient (Wildman–Crippen LogP) is 1.80. The number of aromatic nitrogens is 1. The second-order valence-electron chi connectivity index (χ2n) is 4.51. The summed E-state index contributed by atoms with van der Waals surface area (Å²) in [7, 11) is 3.05. The largest absolute Gasteiger partial charge is 0.493 e. The van der Waals surface area contributed by atoms with Gasteiger partial charge in [-0.2, -0.15) is 0 Å². The third-order valence-electron chi connectivity index (χ3n) is 3.17. The number of carbonyl (C=O) groups is 1.